The summed E-state index contributed by atoms with van der Waals surface area (Å²) in [5.74, 6) is -0.340. The number of hydrogen-bond acceptors (Lipinski definition) is 4. The van der Waals surface area contributed by atoms with Crippen LogP contribution in [0.2, 0.25) is 0 Å². The molecule has 0 radical (unpaired) electrons. The normalized spacial score (nSPS) is 19.1. The second kappa shape index (κ2) is 5.09. The number of amides is 3. The SMILES string of the molecule is CCNC(=O)NC(=O)C(C)N1CC(O)C1. The molecular weight excluding hydrogens is 198 g/mol. The smallest absolute Gasteiger partial charge is 0.321 e. The quantitative estimate of drug-likeness (QED) is 0.558. The first-order chi connectivity index (χ1) is 7.04. The second-order valence-electron chi connectivity index (χ2n) is 3.63. The van der Waals surface area contributed by atoms with Gasteiger partial charge in [-0.1, -0.05) is 0 Å². The highest BCUT2D eigenvalue weighted by molar-refractivity contribution is 5.96. The predicted octanol–water partition coefficient (Wildman–Crippen LogP) is -1.10. The lowest BCUT2D eigenvalue weighted by Crippen LogP contribution is -2.59. The molecule has 1 unspecified atom stereocenters. The number of carbonyl (C=O) groups excluding carboxylic acids is 2. The van der Waals surface area contributed by atoms with Crippen LogP contribution in [0.15, 0.2) is 0 Å². The number of nitrogens with zero attached hydrogens (tertiary/aromatic N) is 1. The van der Waals surface area contributed by atoms with Crippen molar-refractivity contribution in [2.24, 2.45) is 0 Å². The molecule has 1 fully saturated rings. The predicted molar refractivity (Wildman–Crippen MR) is 54.3 cm³/mol. The molecule has 0 aromatic heterocycles. The minimum absolute atomic E-state index is 0.340. The van der Waals surface area contributed by atoms with E-state index in [-0.39, 0.29) is 18.1 Å². The summed E-state index contributed by atoms with van der Waals surface area (Å²) in [4.78, 5) is 24.3. The highest BCUT2D eigenvalue weighted by Gasteiger charge is 2.32. The minimum atomic E-state index is -0.476. The molecule has 6 nitrogen and oxygen atoms in total. The van der Waals surface area contributed by atoms with E-state index in [1.165, 1.54) is 0 Å². The molecular formula is C9H17N3O3. The van der Waals surface area contributed by atoms with Gasteiger partial charge in [-0.05, 0) is 13.8 Å². The Balaban J connectivity index is 2.30. The summed E-state index contributed by atoms with van der Waals surface area (Å²) in [5.41, 5.74) is 0. The van der Waals surface area contributed by atoms with Crippen LogP contribution in [0.25, 0.3) is 0 Å². The summed E-state index contributed by atoms with van der Waals surface area (Å²) in [6.07, 6.45) is -0.343. The minimum Gasteiger partial charge on any atom is -0.390 e. The fraction of sp³-hybridized carbons (Fsp3) is 0.778. The van der Waals surface area contributed by atoms with Crippen LogP contribution in [0, 0.1) is 0 Å². The zero-order valence-electron chi connectivity index (χ0n) is 8.99. The van der Waals surface area contributed by atoms with E-state index in [4.69, 9.17) is 5.11 Å². The van der Waals surface area contributed by atoms with Gasteiger partial charge in [0.2, 0.25) is 5.91 Å². The first kappa shape index (κ1) is 11.9. The van der Waals surface area contributed by atoms with Crippen LogP contribution in [-0.2, 0) is 4.79 Å². The van der Waals surface area contributed by atoms with Crippen LogP contribution in [-0.4, -0.2) is 53.7 Å². The number of nitrogens with one attached hydrogen (secondary N) is 2. The Labute approximate surface area is 88.6 Å². The number of urea groups is 1. The molecule has 0 saturated carbocycles. The Hall–Kier alpha value is -1.14. The third-order valence-corrected chi connectivity index (χ3v) is 2.39. The number of likely N-dealkylation sites (tertiary alicyclic amines) is 1. The summed E-state index contributed by atoms with van der Waals surface area (Å²) >= 11 is 0. The Morgan fingerprint density at radius 1 is 1.53 bits per heavy atom. The first-order valence-electron chi connectivity index (χ1n) is 5.05. The van der Waals surface area contributed by atoms with E-state index >= 15 is 0 Å². The van der Waals surface area contributed by atoms with Crippen molar-refractivity contribution in [2.45, 2.75) is 26.0 Å². The number of aliphatic hydroxyl groups is 1. The van der Waals surface area contributed by atoms with Crippen molar-refractivity contribution in [3.63, 3.8) is 0 Å². The van der Waals surface area contributed by atoms with Gasteiger partial charge in [0.05, 0.1) is 12.1 Å². The Morgan fingerprint density at radius 3 is 2.60 bits per heavy atom. The van der Waals surface area contributed by atoms with Crippen LogP contribution in [0.3, 0.4) is 0 Å². The summed E-state index contributed by atoms with van der Waals surface area (Å²) in [5, 5.41) is 13.8. The van der Waals surface area contributed by atoms with E-state index in [1.807, 2.05) is 0 Å². The molecule has 0 aromatic carbocycles. The lowest BCUT2D eigenvalue weighted by molar-refractivity contribution is -0.129. The third-order valence-electron chi connectivity index (χ3n) is 2.39. The van der Waals surface area contributed by atoms with Gasteiger partial charge in [0.1, 0.15) is 0 Å². The average molecular weight is 215 g/mol. The zero-order chi connectivity index (χ0) is 11.4. The number of carbonyl (C=O) groups is 2. The molecule has 1 rings (SSSR count). The second-order valence-corrected chi connectivity index (χ2v) is 3.63. The molecule has 1 atom stereocenters. The molecule has 1 aliphatic heterocycles. The number of β-amino-alcohol motifs (C(OH)–C–C–N with tert-alkyl or cyclic N) is 1. The van der Waals surface area contributed by atoms with E-state index in [2.05, 4.69) is 10.6 Å². The topological polar surface area (TPSA) is 81.7 Å². The van der Waals surface area contributed by atoms with Crippen LogP contribution in [0.5, 0.6) is 0 Å². The molecule has 86 valence electrons. The fourth-order valence-corrected chi connectivity index (χ4v) is 1.39. The van der Waals surface area contributed by atoms with Gasteiger partial charge in [0.15, 0.2) is 0 Å². The highest BCUT2D eigenvalue weighted by atomic mass is 16.3. The van der Waals surface area contributed by atoms with E-state index in [1.54, 1.807) is 18.7 Å². The van der Waals surface area contributed by atoms with Crippen LogP contribution in [0.4, 0.5) is 4.79 Å². The third kappa shape index (κ3) is 3.17. The fourth-order valence-electron chi connectivity index (χ4n) is 1.39. The van der Waals surface area contributed by atoms with Gasteiger partial charge >= 0.3 is 6.03 Å². The van der Waals surface area contributed by atoms with Gasteiger partial charge < -0.3 is 10.4 Å². The summed E-state index contributed by atoms with van der Waals surface area (Å²) in [7, 11) is 0. The number of rotatable bonds is 3. The van der Waals surface area contributed by atoms with Crippen LogP contribution >= 0.6 is 0 Å². The Kier molecular flexibility index (Phi) is 4.05. The molecule has 0 aromatic rings. The van der Waals surface area contributed by atoms with E-state index in [0.29, 0.717) is 19.6 Å². The van der Waals surface area contributed by atoms with Crippen molar-refractivity contribution < 1.29 is 14.7 Å². The van der Waals surface area contributed by atoms with Gasteiger partial charge in [-0.2, -0.15) is 0 Å². The Bertz CT molecular complexity index is 251. The largest absolute Gasteiger partial charge is 0.390 e. The average Bonchev–Trinajstić information content (AvgIpc) is 2.12. The number of aliphatic hydroxyl groups excluding tert-OH is 1. The van der Waals surface area contributed by atoms with E-state index in [0.717, 1.165) is 0 Å². The van der Waals surface area contributed by atoms with Crippen molar-refractivity contribution in [3.8, 4) is 0 Å². The zero-order valence-corrected chi connectivity index (χ0v) is 8.99. The van der Waals surface area contributed by atoms with Gasteiger partial charge in [0, 0.05) is 19.6 Å². The van der Waals surface area contributed by atoms with Gasteiger partial charge in [0.25, 0.3) is 0 Å². The molecule has 6 heteroatoms. The standard InChI is InChI=1S/C9H17N3O3/c1-3-10-9(15)11-8(14)6(2)12-4-7(13)5-12/h6-7,13H,3-5H2,1-2H3,(H2,10,11,14,15). The van der Waals surface area contributed by atoms with Crippen LogP contribution < -0.4 is 10.6 Å². The van der Waals surface area contributed by atoms with Crippen LogP contribution in [0.1, 0.15) is 13.8 Å². The Morgan fingerprint density at radius 2 is 2.13 bits per heavy atom. The van der Waals surface area contributed by atoms with Crippen molar-refractivity contribution in [1.29, 1.82) is 0 Å². The van der Waals surface area contributed by atoms with Crippen molar-refractivity contribution in [1.82, 2.24) is 15.5 Å². The molecule has 0 aliphatic carbocycles. The van der Waals surface area contributed by atoms with E-state index in [9.17, 15) is 9.59 Å². The molecule has 1 saturated heterocycles. The maximum absolute atomic E-state index is 11.5. The van der Waals surface area contributed by atoms with Gasteiger partial charge in [-0.15, -0.1) is 0 Å². The molecule has 0 spiro atoms. The molecule has 1 heterocycles. The monoisotopic (exact) mass is 215 g/mol. The van der Waals surface area contributed by atoms with Gasteiger partial charge in [-0.3, -0.25) is 15.0 Å². The highest BCUT2D eigenvalue weighted by Crippen LogP contribution is 2.11. The van der Waals surface area contributed by atoms with Crippen molar-refractivity contribution in [3.05, 3.63) is 0 Å². The van der Waals surface area contributed by atoms with E-state index < -0.39 is 6.03 Å². The lowest BCUT2D eigenvalue weighted by atomic mass is 10.1. The summed E-state index contributed by atoms with van der Waals surface area (Å²) in [6, 6.07) is -0.855. The summed E-state index contributed by atoms with van der Waals surface area (Å²) < 4.78 is 0. The molecule has 3 amide bonds. The maximum Gasteiger partial charge on any atom is 0.321 e. The van der Waals surface area contributed by atoms with Crippen molar-refractivity contribution >= 4 is 11.9 Å². The number of hydrogen-bond donors (Lipinski definition) is 3. The first-order valence-corrected chi connectivity index (χ1v) is 5.05. The summed E-state index contributed by atoms with van der Waals surface area (Å²) in [6.45, 7) is 4.95. The lowest BCUT2D eigenvalue weighted by Gasteiger charge is -2.39. The van der Waals surface area contributed by atoms with Gasteiger partial charge in [-0.25, -0.2) is 4.79 Å². The molecule has 15 heavy (non-hydrogen) atoms. The number of imide groups is 1. The maximum atomic E-state index is 11.5. The molecule has 3 N–H and O–H groups in total. The molecule has 0 bridgehead atoms. The van der Waals surface area contributed by atoms with Crippen molar-refractivity contribution in [2.75, 3.05) is 19.6 Å². The molecule has 1 aliphatic rings.